The van der Waals surface area contributed by atoms with Gasteiger partial charge in [0.05, 0.1) is 23.5 Å². The van der Waals surface area contributed by atoms with Crippen molar-refractivity contribution in [3.63, 3.8) is 0 Å². The smallest absolute Gasteiger partial charge is 0.0895 e. The van der Waals surface area contributed by atoms with Crippen LogP contribution in [0.15, 0.2) is 40.6 Å². The fourth-order valence-corrected chi connectivity index (χ4v) is 2.71. The Bertz CT molecular complexity index is 425. The third-order valence-electron chi connectivity index (χ3n) is 2.60. The second kappa shape index (κ2) is 3.70. The van der Waals surface area contributed by atoms with Gasteiger partial charge in [-0.3, -0.25) is 9.98 Å². The molecule has 0 bridgehead atoms. The number of anilines is 1. The van der Waals surface area contributed by atoms with E-state index >= 15 is 0 Å². The van der Waals surface area contributed by atoms with Crippen molar-refractivity contribution in [2.75, 3.05) is 17.3 Å². The summed E-state index contributed by atoms with van der Waals surface area (Å²) in [7, 11) is 0. The first-order valence-corrected chi connectivity index (χ1v) is 5.97. The van der Waals surface area contributed by atoms with Crippen molar-refractivity contribution >= 4 is 23.2 Å². The number of aliphatic imine (C=N–C) groups is 1. The fraction of sp³-hybridized carbons (Fsp3) is 0.273. The topological polar surface area (TPSA) is 28.5 Å². The minimum absolute atomic E-state index is 0.891. The number of hydrogen-bond donors (Lipinski definition) is 0. The molecule has 0 amide bonds. The summed E-state index contributed by atoms with van der Waals surface area (Å²) < 4.78 is 0. The van der Waals surface area contributed by atoms with Gasteiger partial charge < -0.3 is 4.90 Å². The summed E-state index contributed by atoms with van der Waals surface area (Å²) in [5, 5.41) is 0. The van der Waals surface area contributed by atoms with Crippen LogP contribution in [0.1, 0.15) is 6.42 Å². The molecule has 3 nitrogen and oxygen atoms in total. The molecule has 0 fully saturated rings. The normalized spacial score (nSPS) is 19.6. The van der Waals surface area contributed by atoms with Gasteiger partial charge in [0.1, 0.15) is 0 Å². The average Bonchev–Trinajstić information content (AvgIpc) is 2.77. The molecule has 1 aromatic heterocycles. The number of hydrogen-bond acceptors (Lipinski definition) is 4. The van der Waals surface area contributed by atoms with Gasteiger partial charge in [-0.1, -0.05) is 11.8 Å². The zero-order valence-electron chi connectivity index (χ0n) is 8.26. The summed E-state index contributed by atoms with van der Waals surface area (Å²) in [6.45, 7) is 1.01. The van der Waals surface area contributed by atoms with Crippen molar-refractivity contribution in [1.29, 1.82) is 0 Å². The highest BCUT2D eigenvalue weighted by Crippen LogP contribution is 2.31. The Morgan fingerprint density at radius 3 is 3.27 bits per heavy atom. The summed E-state index contributed by atoms with van der Waals surface area (Å²) in [5.74, 6) is 0.891. The molecule has 2 aliphatic rings. The largest absolute Gasteiger partial charge is 0.345 e. The summed E-state index contributed by atoms with van der Waals surface area (Å²) in [4.78, 5) is 12.2. The van der Waals surface area contributed by atoms with E-state index in [0.717, 1.165) is 24.5 Å². The molecule has 3 rings (SSSR count). The number of allylic oxidation sites excluding steroid dienone is 1. The number of rotatable bonds is 1. The number of fused-ring (bicyclic) bond motifs is 1. The highest BCUT2D eigenvalue weighted by molar-refractivity contribution is 8.04. The van der Waals surface area contributed by atoms with Crippen molar-refractivity contribution in [2.45, 2.75) is 6.42 Å². The van der Waals surface area contributed by atoms with Gasteiger partial charge in [-0.2, -0.15) is 0 Å². The molecule has 0 saturated carbocycles. The molecule has 0 saturated heterocycles. The Morgan fingerprint density at radius 2 is 2.40 bits per heavy atom. The minimum atomic E-state index is 0.891. The van der Waals surface area contributed by atoms with E-state index in [1.165, 1.54) is 10.6 Å². The zero-order valence-corrected chi connectivity index (χ0v) is 9.07. The summed E-state index contributed by atoms with van der Waals surface area (Å²) in [6.07, 6.45) is 6.95. The lowest BCUT2D eigenvalue weighted by Gasteiger charge is -2.25. The van der Waals surface area contributed by atoms with Crippen molar-refractivity contribution in [1.82, 2.24) is 4.98 Å². The second-order valence-corrected chi connectivity index (χ2v) is 4.51. The maximum atomic E-state index is 4.45. The third-order valence-corrected chi connectivity index (χ3v) is 3.51. The highest BCUT2D eigenvalue weighted by atomic mass is 32.2. The van der Waals surface area contributed by atoms with E-state index in [1.807, 2.05) is 24.0 Å². The summed E-state index contributed by atoms with van der Waals surface area (Å²) >= 11 is 1.82. The monoisotopic (exact) mass is 217 g/mol. The molecular weight excluding hydrogens is 206 g/mol. The fourth-order valence-electron chi connectivity index (χ4n) is 1.81. The Labute approximate surface area is 92.9 Å². The zero-order chi connectivity index (χ0) is 10.1. The van der Waals surface area contributed by atoms with Gasteiger partial charge in [0.15, 0.2) is 0 Å². The first-order valence-electron chi connectivity index (χ1n) is 4.98. The van der Waals surface area contributed by atoms with Crippen LogP contribution in [0, 0.1) is 0 Å². The molecule has 0 radical (unpaired) electrons. The lowest BCUT2D eigenvalue weighted by molar-refractivity contribution is 0.935. The standard InChI is InChI=1S/C11H11N3S/c1-2-9(6-12-4-1)14-5-3-10-11(7-14)15-8-13-10/h1-2,4,6-7H,3,5,8H2. The molecule has 76 valence electrons. The van der Waals surface area contributed by atoms with Crippen LogP contribution in [-0.4, -0.2) is 23.1 Å². The van der Waals surface area contributed by atoms with Gasteiger partial charge in [-0.05, 0) is 12.1 Å². The number of pyridine rings is 1. The van der Waals surface area contributed by atoms with Crippen LogP contribution in [0.5, 0.6) is 0 Å². The van der Waals surface area contributed by atoms with Crippen molar-refractivity contribution in [3.8, 4) is 0 Å². The van der Waals surface area contributed by atoms with E-state index < -0.39 is 0 Å². The van der Waals surface area contributed by atoms with Crippen LogP contribution in [-0.2, 0) is 0 Å². The lowest BCUT2D eigenvalue weighted by atomic mass is 10.2. The molecule has 2 aliphatic heterocycles. The Morgan fingerprint density at radius 1 is 1.40 bits per heavy atom. The molecule has 0 spiro atoms. The van der Waals surface area contributed by atoms with Crippen LogP contribution in [0.3, 0.4) is 0 Å². The van der Waals surface area contributed by atoms with Crippen LogP contribution >= 0.6 is 11.8 Å². The van der Waals surface area contributed by atoms with Gasteiger partial charge in [-0.15, -0.1) is 0 Å². The van der Waals surface area contributed by atoms with E-state index in [4.69, 9.17) is 0 Å². The van der Waals surface area contributed by atoms with Crippen molar-refractivity contribution in [2.24, 2.45) is 4.99 Å². The third kappa shape index (κ3) is 1.65. The molecule has 3 heterocycles. The predicted molar refractivity (Wildman–Crippen MR) is 64.2 cm³/mol. The first kappa shape index (κ1) is 8.97. The molecule has 4 heteroatoms. The van der Waals surface area contributed by atoms with Gasteiger partial charge >= 0.3 is 0 Å². The van der Waals surface area contributed by atoms with Gasteiger partial charge in [0.2, 0.25) is 0 Å². The first-order chi connectivity index (χ1) is 7.43. The molecule has 0 unspecified atom stereocenters. The second-order valence-electron chi connectivity index (χ2n) is 3.53. The molecule has 0 atom stereocenters. The van der Waals surface area contributed by atoms with E-state index in [1.54, 1.807) is 6.20 Å². The van der Waals surface area contributed by atoms with E-state index in [-0.39, 0.29) is 0 Å². The highest BCUT2D eigenvalue weighted by Gasteiger charge is 2.21. The lowest BCUT2D eigenvalue weighted by Crippen LogP contribution is -2.25. The van der Waals surface area contributed by atoms with Gasteiger partial charge in [0, 0.05) is 30.3 Å². The number of nitrogens with zero attached hydrogens (tertiary/aromatic N) is 3. The van der Waals surface area contributed by atoms with Crippen LogP contribution in [0.4, 0.5) is 5.69 Å². The Hall–Kier alpha value is -1.29. The molecule has 0 aromatic carbocycles. The van der Waals surface area contributed by atoms with E-state index in [0.29, 0.717) is 0 Å². The van der Waals surface area contributed by atoms with E-state index in [9.17, 15) is 0 Å². The maximum absolute atomic E-state index is 4.45. The summed E-state index contributed by atoms with van der Waals surface area (Å²) in [5.41, 5.74) is 2.44. The SMILES string of the molecule is C1=C2SCN=C2CCN1c1cccnc1. The van der Waals surface area contributed by atoms with Gasteiger partial charge in [-0.25, -0.2) is 0 Å². The number of thioether (sulfide) groups is 1. The maximum Gasteiger partial charge on any atom is 0.0895 e. The predicted octanol–water partition coefficient (Wildman–Crippen LogP) is 2.28. The molecule has 0 aliphatic carbocycles. The summed E-state index contributed by atoms with van der Waals surface area (Å²) in [6, 6.07) is 4.06. The van der Waals surface area contributed by atoms with Crippen molar-refractivity contribution < 1.29 is 0 Å². The molecule has 15 heavy (non-hydrogen) atoms. The Balaban J connectivity index is 1.91. The average molecular weight is 217 g/mol. The van der Waals surface area contributed by atoms with Gasteiger partial charge in [0.25, 0.3) is 0 Å². The molecule has 1 aromatic rings. The van der Waals surface area contributed by atoms with Crippen LogP contribution in [0.25, 0.3) is 0 Å². The quantitative estimate of drug-likeness (QED) is 0.722. The molecule has 0 N–H and O–H groups in total. The minimum Gasteiger partial charge on any atom is -0.345 e. The Kier molecular flexibility index (Phi) is 2.21. The van der Waals surface area contributed by atoms with Crippen LogP contribution in [0.2, 0.25) is 0 Å². The van der Waals surface area contributed by atoms with E-state index in [2.05, 4.69) is 27.1 Å². The van der Waals surface area contributed by atoms with Crippen LogP contribution < -0.4 is 4.90 Å². The number of aromatic nitrogens is 1. The van der Waals surface area contributed by atoms with Crippen molar-refractivity contribution in [3.05, 3.63) is 35.6 Å². The molecular formula is C11H11N3S.